The van der Waals surface area contributed by atoms with Crippen molar-refractivity contribution in [2.24, 2.45) is 5.92 Å². The molecule has 0 aliphatic heterocycles. The van der Waals surface area contributed by atoms with Crippen molar-refractivity contribution in [3.8, 4) is 5.75 Å². The summed E-state index contributed by atoms with van der Waals surface area (Å²) >= 11 is 3.66. The Morgan fingerprint density at radius 2 is 2.05 bits per heavy atom. The lowest BCUT2D eigenvalue weighted by Crippen LogP contribution is -2.10. The number of halogens is 1. The van der Waals surface area contributed by atoms with Crippen LogP contribution in [0.25, 0.3) is 6.08 Å². The molecule has 0 bridgehead atoms. The van der Waals surface area contributed by atoms with Gasteiger partial charge in [-0.2, -0.15) is 0 Å². The molecule has 0 radical (unpaired) electrons. The van der Waals surface area contributed by atoms with Gasteiger partial charge in [-0.3, -0.25) is 0 Å². The minimum atomic E-state index is 0.774. The number of aryl methyl sites for hydroxylation is 1. The van der Waals surface area contributed by atoms with Gasteiger partial charge in [-0.15, -0.1) is 0 Å². The fraction of sp³-hybridized carbons (Fsp3) is 0.529. The first-order valence-corrected chi connectivity index (χ1v) is 8.28. The zero-order chi connectivity index (χ0) is 13.7. The topological polar surface area (TPSA) is 9.23 Å². The molecule has 0 unspecified atom stereocenters. The fourth-order valence-electron chi connectivity index (χ4n) is 2.94. The second-order valence-corrected chi connectivity index (χ2v) is 5.98. The van der Waals surface area contributed by atoms with E-state index in [2.05, 4.69) is 47.1 Å². The maximum absolute atomic E-state index is 5.32. The van der Waals surface area contributed by atoms with Gasteiger partial charge in [0.1, 0.15) is 5.75 Å². The molecule has 1 aromatic rings. The average Bonchev–Trinajstić information content (AvgIpc) is 2.46. The van der Waals surface area contributed by atoms with Gasteiger partial charge in [-0.1, -0.05) is 52.9 Å². The van der Waals surface area contributed by atoms with Crippen molar-refractivity contribution in [3.05, 3.63) is 34.9 Å². The molecule has 2 rings (SSSR count). The van der Waals surface area contributed by atoms with E-state index < -0.39 is 0 Å². The van der Waals surface area contributed by atoms with Crippen molar-refractivity contribution in [3.63, 3.8) is 0 Å². The summed E-state index contributed by atoms with van der Waals surface area (Å²) in [6.07, 6.45) is 9.25. The largest absolute Gasteiger partial charge is 0.496 e. The summed E-state index contributed by atoms with van der Waals surface area (Å²) < 4.78 is 5.32. The summed E-state index contributed by atoms with van der Waals surface area (Å²) in [5.74, 6) is 1.74. The Morgan fingerprint density at radius 1 is 1.32 bits per heavy atom. The summed E-state index contributed by atoms with van der Waals surface area (Å²) in [5.41, 5.74) is 4.04. The minimum absolute atomic E-state index is 0.774. The third-order valence-corrected chi connectivity index (χ3v) is 4.70. The van der Waals surface area contributed by atoms with Crippen LogP contribution in [0.4, 0.5) is 0 Å². The molecule has 0 saturated heterocycles. The van der Waals surface area contributed by atoms with E-state index >= 15 is 0 Å². The molecule has 0 atom stereocenters. The molecular formula is C17H23BrO. The highest BCUT2D eigenvalue weighted by Gasteiger charge is 2.17. The zero-order valence-corrected chi connectivity index (χ0v) is 13.5. The molecule has 1 aliphatic carbocycles. The van der Waals surface area contributed by atoms with E-state index in [9.17, 15) is 0 Å². The first-order chi connectivity index (χ1) is 9.24. The number of methoxy groups -OCH3 is 1. The van der Waals surface area contributed by atoms with Crippen LogP contribution in [-0.2, 0) is 0 Å². The Balaban J connectivity index is 2.19. The van der Waals surface area contributed by atoms with E-state index in [0.29, 0.717) is 0 Å². The van der Waals surface area contributed by atoms with Crippen molar-refractivity contribution in [2.75, 3.05) is 12.4 Å². The van der Waals surface area contributed by atoms with Gasteiger partial charge in [0.05, 0.1) is 7.11 Å². The maximum atomic E-state index is 5.32. The molecular weight excluding hydrogens is 300 g/mol. The molecule has 0 heterocycles. The molecule has 1 aliphatic rings. The monoisotopic (exact) mass is 322 g/mol. The van der Waals surface area contributed by atoms with E-state index in [1.807, 2.05) is 0 Å². The predicted octanol–water partition coefficient (Wildman–Crippen LogP) is 5.36. The molecule has 0 amide bonds. The Kier molecular flexibility index (Phi) is 5.50. The standard InChI is InChI=1S/C17H23BrO/c1-13-10-14(8-9-17(13)19-2)11-16(12-18)15-6-4-3-5-7-15/h8-11,15H,3-7,12H2,1-2H3. The fourth-order valence-corrected chi connectivity index (χ4v) is 3.56. The van der Waals surface area contributed by atoms with E-state index in [1.54, 1.807) is 12.7 Å². The van der Waals surface area contributed by atoms with Crippen LogP contribution in [0.1, 0.15) is 43.2 Å². The highest BCUT2D eigenvalue weighted by molar-refractivity contribution is 9.09. The highest BCUT2D eigenvalue weighted by Crippen LogP contribution is 2.32. The van der Waals surface area contributed by atoms with Crippen molar-refractivity contribution in [1.29, 1.82) is 0 Å². The van der Waals surface area contributed by atoms with Gasteiger partial charge in [-0.25, -0.2) is 0 Å². The maximum Gasteiger partial charge on any atom is 0.121 e. The van der Waals surface area contributed by atoms with Crippen molar-refractivity contribution in [2.45, 2.75) is 39.0 Å². The van der Waals surface area contributed by atoms with Crippen LogP contribution in [0, 0.1) is 12.8 Å². The number of rotatable bonds is 4. The molecule has 104 valence electrons. The highest BCUT2D eigenvalue weighted by atomic mass is 79.9. The number of benzene rings is 1. The lowest BCUT2D eigenvalue weighted by molar-refractivity contribution is 0.405. The van der Waals surface area contributed by atoms with Crippen LogP contribution < -0.4 is 4.74 Å². The average molecular weight is 323 g/mol. The van der Waals surface area contributed by atoms with Gasteiger partial charge < -0.3 is 4.74 Å². The Morgan fingerprint density at radius 3 is 2.63 bits per heavy atom. The molecule has 19 heavy (non-hydrogen) atoms. The smallest absolute Gasteiger partial charge is 0.121 e. The third kappa shape index (κ3) is 3.85. The van der Waals surface area contributed by atoms with E-state index in [4.69, 9.17) is 4.74 Å². The van der Waals surface area contributed by atoms with Crippen LogP contribution in [-0.4, -0.2) is 12.4 Å². The van der Waals surface area contributed by atoms with Crippen LogP contribution in [0.2, 0.25) is 0 Å². The molecule has 2 heteroatoms. The summed E-state index contributed by atoms with van der Waals surface area (Å²) in [6.45, 7) is 2.10. The van der Waals surface area contributed by atoms with Gasteiger partial charge in [0.15, 0.2) is 0 Å². The number of alkyl halides is 1. The molecule has 1 saturated carbocycles. The number of allylic oxidation sites excluding steroid dienone is 1. The van der Waals surface area contributed by atoms with Crippen LogP contribution in [0.5, 0.6) is 5.75 Å². The normalized spacial score (nSPS) is 17.5. The van der Waals surface area contributed by atoms with E-state index in [0.717, 1.165) is 17.0 Å². The van der Waals surface area contributed by atoms with Gasteiger partial charge in [0.25, 0.3) is 0 Å². The van der Waals surface area contributed by atoms with E-state index in [1.165, 1.54) is 43.2 Å². The first-order valence-electron chi connectivity index (χ1n) is 7.15. The molecule has 0 spiro atoms. The van der Waals surface area contributed by atoms with Gasteiger partial charge in [0.2, 0.25) is 0 Å². The first kappa shape index (κ1) is 14.6. The SMILES string of the molecule is COc1ccc(C=C(CBr)C2CCCCC2)cc1C. The Bertz CT molecular complexity index is 445. The summed E-state index contributed by atoms with van der Waals surface area (Å²) in [7, 11) is 1.73. The molecule has 1 nitrogen and oxygen atoms in total. The second kappa shape index (κ2) is 7.14. The van der Waals surface area contributed by atoms with Crippen LogP contribution in [0.15, 0.2) is 23.8 Å². The Hall–Kier alpha value is -0.760. The predicted molar refractivity (Wildman–Crippen MR) is 86.1 cm³/mol. The summed E-state index contributed by atoms with van der Waals surface area (Å²) in [5, 5.41) is 0.989. The van der Waals surface area contributed by atoms with Gasteiger partial charge >= 0.3 is 0 Å². The summed E-state index contributed by atoms with van der Waals surface area (Å²) in [6, 6.07) is 6.43. The van der Waals surface area contributed by atoms with Gasteiger partial charge in [0, 0.05) is 5.33 Å². The minimum Gasteiger partial charge on any atom is -0.496 e. The zero-order valence-electron chi connectivity index (χ0n) is 11.9. The Labute approximate surface area is 125 Å². The molecule has 0 N–H and O–H groups in total. The lowest BCUT2D eigenvalue weighted by Gasteiger charge is -2.23. The van der Waals surface area contributed by atoms with Crippen molar-refractivity contribution in [1.82, 2.24) is 0 Å². The summed E-state index contributed by atoms with van der Waals surface area (Å²) in [4.78, 5) is 0. The van der Waals surface area contributed by atoms with Crippen LogP contribution in [0.3, 0.4) is 0 Å². The number of ether oxygens (including phenoxy) is 1. The van der Waals surface area contributed by atoms with Crippen LogP contribution >= 0.6 is 15.9 Å². The number of hydrogen-bond acceptors (Lipinski definition) is 1. The number of hydrogen-bond donors (Lipinski definition) is 0. The van der Waals surface area contributed by atoms with Crippen molar-refractivity contribution < 1.29 is 4.74 Å². The second-order valence-electron chi connectivity index (χ2n) is 5.42. The quantitative estimate of drug-likeness (QED) is 0.678. The van der Waals surface area contributed by atoms with E-state index in [-0.39, 0.29) is 0 Å². The van der Waals surface area contributed by atoms with Crippen molar-refractivity contribution >= 4 is 22.0 Å². The lowest BCUT2D eigenvalue weighted by atomic mass is 9.84. The molecule has 1 fully saturated rings. The molecule has 1 aromatic carbocycles. The third-order valence-electron chi connectivity index (χ3n) is 4.05. The van der Waals surface area contributed by atoms with Gasteiger partial charge in [-0.05, 0) is 48.9 Å². The molecule has 0 aromatic heterocycles.